The zero-order chi connectivity index (χ0) is 10.1. The van der Waals surface area contributed by atoms with Crippen molar-refractivity contribution in [2.75, 3.05) is 6.61 Å². The molecule has 0 saturated carbocycles. The molecule has 14 heavy (non-hydrogen) atoms. The molecule has 0 amide bonds. The van der Waals surface area contributed by atoms with E-state index in [0.29, 0.717) is 12.4 Å². The minimum Gasteiger partial charge on any atom is -0.491 e. The van der Waals surface area contributed by atoms with Crippen LogP contribution in [0.15, 0.2) is 18.2 Å². The summed E-state index contributed by atoms with van der Waals surface area (Å²) in [6.45, 7) is 4.26. The highest BCUT2D eigenvalue weighted by Crippen LogP contribution is 2.25. The summed E-state index contributed by atoms with van der Waals surface area (Å²) in [6.07, 6.45) is 0. The molecule has 0 aliphatic heterocycles. The van der Waals surface area contributed by atoms with Gasteiger partial charge in [0.15, 0.2) is 11.6 Å². The molecule has 2 rings (SSSR count). The molecule has 2 nitrogen and oxygen atoms in total. The molecule has 0 atom stereocenters. The lowest BCUT2D eigenvalue weighted by molar-refractivity contribution is 0.322. The predicted molar refractivity (Wildman–Crippen MR) is 54.2 cm³/mol. The number of aromatic nitrogens is 1. The van der Waals surface area contributed by atoms with Gasteiger partial charge in [-0.3, -0.25) is 0 Å². The second-order valence-electron chi connectivity index (χ2n) is 3.26. The second-order valence-corrected chi connectivity index (χ2v) is 3.26. The lowest BCUT2D eigenvalue weighted by Gasteiger charge is -2.03. The van der Waals surface area contributed by atoms with E-state index in [0.717, 1.165) is 16.6 Å². The molecule has 0 radical (unpaired) electrons. The predicted octanol–water partition coefficient (Wildman–Crippen LogP) is 3.01. The Hall–Kier alpha value is -1.51. The van der Waals surface area contributed by atoms with E-state index in [9.17, 15) is 4.39 Å². The maximum atomic E-state index is 13.4. The third-order valence-electron chi connectivity index (χ3n) is 2.11. The number of nitrogens with one attached hydrogen (secondary N) is 1. The molecule has 0 aliphatic carbocycles. The van der Waals surface area contributed by atoms with Gasteiger partial charge >= 0.3 is 0 Å². The zero-order valence-corrected chi connectivity index (χ0v) is 8.23. The average Bonchev–Trinajstić information content (AvgIpc) is 2.45. The number of hydrogen-bond acceptors (Lipinski definition) is 1. The maximum absolute atomic E-state index is 13.4. The molecule has 1 aromatic heterocycles. The Kier molecular flexibility index (Phi) is 2.15. The second kappa shape index (κ2) is 3.33. The molecule has 0 fully saturated rings. The Bertz CT molecular complexity index is 462. The molecule has 0 unspecified atom stereocenters. The molecule has 1 aromatic carbocycles. The number of H-pyrrole nitrogens is 1. The van der Waals surface area contributed by atoms with Crippen molar-refractivity contribution in [1.82, 2.24) is 4.98 Å². The summed E-state index contributed by atoms with van der Waals surface area (Å²) in [4.78, 5) is 3.07. The third-order valence-corrected chi connectivity index (χ3v) is 2.11. The van der Waals surface area contributed by atoms with Gasteiger partial charge in [0.05, 0.1) is 6.61 Å². The van der Waals surface area contributed by atoms with Gasteiger partial charge in [0.1, 0.15) is 0 Å². The highest BCUT2D eigenvalue weighted by molar-refractivity contribution is 5.82. The maximum Gasteiger partial charge on any atom is 0.167 e. The van der Waals surface area contributed by atoms with Crippen molar-refractivity contribution in [1.29, 1.82) is 0 Å². The van der Waals surface area contributed by atoms with Gasteiger partial charge in [-0.2, -0.15) is 0 Å². The van der Waals surface area contributed by atoms with Crippen LogP contribution in [0.3, 0.4) is 0 Å². The first-order valence-corrected chi connectivity index (χ1v) is 4.62. The summed E-state index contributed by atoms with van der Waals surface area (Å²) < 4.78 is 18.5. The number of benzene rings is 1. The van der Waals surface area contributed by atoms with Gasteiger partial charge in [0.2, 0.25) is 0 Å². The van der Waals surface area contributed by atoms with Crippen LogP contribution in [-0.2, 0) is 0 Å². The fourth-order valence-electron chi connectivity index (χ4n) is 1.54. The largest absolute Gasteiger partial charge is 0.491 e. The van der Waals surface area contributed by atoms with E-state index >= 15 is 0 Å². The first-order valence-electron chi connectivity index (χ1n) is 4.62. The first-order chi connectivity index (χ1) is 6.70. The summed E-state index contributed by atoms with van der Waals surface area (Å²) in [6, 6.07) is 5.16. The molecule has 1 heterocycles. The number of aryl methyl sites for hydroxylation is 1. The van der Waals surface area contributed by atoms with Crippen LogP contribution in [0.5, 0.6) is 5.75 Å². The molecule has 0 bridgehead atoms. The number of ether oxygens (including phenoxy) is 1. The number of fused-ring (bicyclic) bond motifs is 1. The molecular formula is C11H12FNO. The van der Waals surface area contributed by atoms with E-state index in [4.69, 9.17) is 4.74 Å². The fraction of sp³-hybridized carbons (Fsp3) is 0.273. The van der Waals surface area contributed by atoms with Crippen molar-refractivity contribution in [2.24, 2.45) is 0 Å². The summed E-state index contributed by atoms with van der Waals surface area (Å²) in [5.74, 6) is 0.000185. The SMILES string of the molecule is CCOc1cc2cc(C)[nH]c2cc1F. The van der Waals surface area contributed by atoms with Crippen molar-refractivity contribution < 1.29 is 9.13 Å². The molecule has 74 valence electrons. The van der Waals surface area contributed by atoms with Crippen molar-refractivity contribution in [3.8, 4) is 5.75 Å². The number of rotatable bonds is 2. The van der Waals surface area contributed by atoms with Crippen LogP contribution in [0.1, 0.15) is 12.6 Å². The number of aromatic amines is 1. The quantitative estimate of drug-likeness (QED) is 0.779. The van der Waals surface area contributed by atoms with Crippen LogP contribution in [-0.4, -0.2) is 11.6 Å². The van der Waals surface area contributed by atoms with E-state index < -0.39 is 0 Å². The van der Waals surface area contributed by atoms with Crippen molar-refractivity contribution in [2.45, 2.75) is 13.8 Å². The normalized spacial score (nSPS) is 10.8. The van der Waals surface area contributed by atoms with Crippen LogP contribution in [0, 0.1) is 12.7 Å². The number of hydrogen-bond donors (Lipinski definition) is 1. The Labute approximate surface area is 81.7 Å². The van der Waals surface area contributed by atoms with E-state index in [-0.39, 0.29) is 5.82 Å². The van der Waals surface area contributed by atoms with E-state index in [1.54, 1.807) is 6.07 Å². The summed E-state index contributed by atoms with van der Waals surface area (Å²) >= 11 is 0. The lowest BCUT2D eigenvalue weighted by Crippen LogP contribution is -1.94. The summed E-state index contributed by atoms with van der Waals surface area (Å²) in [5.41, 5.74) is 1.83. The molecule has 1 N–H and O–H groups in total. The standard InChI is InChI=1S/C11H12FNO/c1-3-14-11-5-8-4-7(2)13-10(8)6-9(11)12/h4-6,13H,3H2,1-2H3. The van der Waals surface area contributed by atoms with Crippen LogP contribution >= 0.6 is 0 Å². The van der Waals surface area contributed by atoms with Crippen molar-refractivity contribution >= 4 is 10.9 Å². The number of halogens is 1. The molecule has 2 aromatic rings. The van der Waals surface area contributed by atoms with Gasteiger partial charge in [-0.1, -0.05) is 0 Å². The van der Waals surface area contributed by atoms with Gasteiger partial charge in [-0.05, 0) is 26.0 Å². The molecule has 0 spiro atoms. The van der Waals surface area contributed by atoms with Gasteiger partial charge in [0, 0.05) is 22.7 Å². The average molecular weight is 193 g/mol. The molecule has 0 aliphatic rings. The smallest absolute Gasteiger partial charge is 0.167 e. The van der Waals surface area contributed by atoms with E-state index in [2.05, 4.69) is 4.98 Å². The summed E-state index contributed by atoms with van der Waals surface area (Å²) in [7, 11) is 0. The van der Waals surface area contributed by atoms with Crippen LogP contribution in [0.25, 0.3) is 10.9 Å². The van der Waals surface area contributed by atoms with E-state index in [1.807, 2.05) is 19.9 Å². The van der Waals surface area contributed by atoms with Gasteiger partial charge in [-0.15, -0.1) is 0 Å². The Morgan fingerprint density at radius 1 is 1.36 bits per heavy atom. The molecule has 0 saturated heterocycles. The van der Waals surface area contributed by atoms with Crippen molar-refractivity contribution in [3.63, 3.8) is 0 Å². The highest BCUT2D eigenvalue weighted by Gasteiger charge is 2.06. The van der Waals surface area contributed by atoms with Crippen LogP contribution in [0.2, 0.25) is 0 Å². The van der Waals surface area contributed by atoms with Crippen molar-refractivity contribution in [3.05, 3.63) is 29.7 Å². The Morgan fingerprint density at radius 2 is 2.14 bits per heavy atom. The highest BCUT2D eigenvalue weighted by atomic mass is 19.1. The molecule has 3 heteroatoms. The first kappa shape index (κ1) is 9.06. The Balaban J connectivity index is 2.58. The lowest BCUT2D eigenvalue weighted by atomic mass is 10.2. The topological polar surface area (TPSA) is 25.0 Å². The monoisotopic (exact) mass is 193 g/mol. The minimum atomic E-state index is -0.318. The van der Waals surface area contributed by atoms with E-state index in [1.165, 1.54) is 6.07 Å². The summed E-state index contributed by atoms with van der Waals surface area (Å²) in [5, 5.41) is 0.979. The third kappa shape index (κ3) is 1.45. The molecular weight excluding hydrogens is 181 g/mol. The van der Waals surface area contributed by atoms with Gasteiger partial charge in [0.25, 0.3) is 0 Å². The van der Waals surface area contributed by atoms with Gasteiger partial charge < -0.3 is 9.72 Å². The Morgan fingerprint density at radius 3 is 2.86 bits per heavy atom. The van der Waals surface area contributed by atoms with Crippen LogP contribution < -0.4 is 4.74 Å². The van der Waals surface area contributed by atoms with Gasteiger partial charge in [-0.25, -0.2) is 4.39 Å². The fourth-order valence-corrected chi connectivity index (χ4v) is 1.54. The van der Waals surface area contributed by atoms with Crippen LogP contribution in [0.4, 0.5) is 4.39 Å². The zero-order valence-electron chi connectivity index (χ0n) is 8.23. The minimum absolute atomic E-state index is 0.318.